The van der Waals surface area contributed by atoms with Crippen LogP contribution in [0.5, 0.6) is 0 Å². The molecule has 0 aliphatic rings. The van der Waals surface area contributed by atoms with E-state index in [9.17, 15) is 4.79 Å². The van der Waals surface area contributed by atoms with Gasteiger partial charge in [0.05, 0.1) is 23.4 Å². The summed E-state index contributed by atoms with van der Waals surface area (Å²) in [6.45, 7) is 0. The van der Waals surface area contributed by atoms with Crippen LogP contribution in [-0.2, 0) is 0 Å². The van der Waals surface area contributed by atoms with E-state index in [0.717, 1.165) is 16.0 Å². The van der Waals surface area contributed by atoms with Gasteiger partial charge in [0.15, 0.2) is 0 Å². The Hall–Kier alpha value is -2.74. The standard InChI is InChI=1S/C22H17ClN2OS/c23-18-12-10-17(11-13-18)21(16-6-2-1-3-7-16)25-22(26)19-8-4-5-9-20(19)27-15-14-24/h1-13,21H,15H2,(H,25,26)/t21-/m0/s1. The van der Waals surface area contributed by atoms with Crippen LogP contribution >= 0.6 is 23.4 Å². The summed E-state index contributed by atoms with van der Waals surface area (Å²) < 4.78 is 0. The molecule has 0 heterocycles. The van der Waals surface area contributed by atoms with Gasteiger partial charge in [0.25, 0.3) is 5.91 Å². The first-order valence-corrected chi connectivity index (χ1v) is 9.75. The third kappa shape index (κ3) is 4.91. The molecule has 3 aromatic rings. The van der Waals surface area contributed by atoms with E-state index in [4.69, 9.17) is 16.9 Å². The van der Waals surface area contributed by atoms with Crippen LogP contribution in [0.25, 0.3) is 0 Å². The van der Waals surface area contributed by atoms with E-state index >= 15 is 0 Å². The zero-order valence-electron chi connectivity index (χ0n) is 14.4. The van der Waals surface area contributed by atoms with Crippen LogP contribution in [-0.4, -0.2) is 11.7 Å². The van der Waals surface area contributed by atoms with Crippen LogP contribution in [0, 0.1) is 11.3 Å². The first-order valence-electron chi connectivity index (χ1n) is 8.39. The van der Waals surface area contributed by atoms with Crippen molar-refractivity contribution in [3.8, 4) is 6.07 Å². The van der Waals surface area contributed by atoms with Crippen molar-refractivity contribution in [3.63, 3.8) is 0 Å². The molecule has 0 saturated heterocycles. The molecular formula is C22H17ClN2OS. The van der Waals surface area contributed by atoms with Gasteiger partial charge >= 0.3 is 0 Å². The minimum absolute atomic E-state index is 0.181. The second kappa shape index (κ2) is 9.27. The number of rotatable bonds is 6. The Morgan fingerprint density at radius 2 is 1.59 bits per heavy atom. The summed E-state index contributed by atoms with van der Waals surface area (Å²) in [6, 6.07) is 26.4. The van der Waals surface area contributed by atoms with Crippen LogP contribution in [0.15, 0.2) is 83.8 Å². The summed E-state index contributed by atoms with van der Waals surface area (Å²) in [6.07, 6.45) is 0. The van der Waals surface area contributed by atoms with Crippen molar-refractivity contribution in [2.24, 2.45) is 0 Å². The molecule has 0 aliphatic carbocycles. The van der Waals surface area contributed by atoms with Crippen molar-refractivity contribution in [1.29, 1.82) is 5.26 Å². The highest BCUT2D eigenvalue weighted by Gasteiger charge is 2.19. The van der Waals surface area contributed by atoms with Crippen molar-refractivity contribution in [2.45, 2.75) is 10.9 Å². The highest BCUT2D eigenvalue weighted by molar-refractivity contribution is 7.99. The van der Waals surface area contributed by atoms with Gasteiger partial charge in [-0.25, -0.2) is 0 Å². The average molecular weight is 393 g/mol. The van der Waals surface area contributed by atoms with Gasteiger partial charge in [-0.05, 0) is 35.4 Å². The highest BCUT2D eigenvalue weighted by Crippen LogP contribution is 2.26. The van der Waals surface area contributed by atoms with Gasteiger partial charge in [0.1, 0.15) is 0 Å². The third-order valence-electron chi connectivity index (χ3n) is 4.04. The molecule has 3 rings (SSSR count). The van der Waals surface area contributed by atoms with E-state index < -0.39 is 0 Å². The largest absolute Gasteiger partial charge is 0.341 e. The fourth-order valence-corrected chi connectivity index (χ4v) is 3.60. The Balaban J connectivity index is 1.92. The molecule has 0 bridgehead atoms. The summed E-state index contributed by atoms with van der Waals surface area (Å²) in [5.41, 5.74) is 2.49. The Kier molecular flexibility index (Phi) is 6.54. The maximum Gasteiger partial charge on any atom is 0.253 e. The lowest BCUT2D eigenvalue weighted by atomic mass is 9.98. The lowest BCUT2D eigenvalue weighted by molar-refractivity contribution is 0.0940. The van der Waals surface area contributed by atoms with E-state index in [-0.39, 0.29) is 11.9 Å². The van der Waals surface area contributed by atoms with Crippen LogP contribution in [0.1, 0.15) is 27.5 Å². The molecule has 0 saturated carbocycles. The summed E-state index contributed by atoms with van der Waals surface area (Å²) in [5, 5.41) is 12.6. The summed E-state index contributed by atoms with van der Waals surface area (Å²) in [4.78, 5) is 13.8. The maximum atomic E-state index is 13.0. The average Bonchev–Trinajstić information content (AvgIpc) is 2.72. The number of carbonyl (C=O) groups excluding carboxylic acids is 1. The SMILES string of the molecule is N#CCSc1ccccc1C(=O)N[C@@H](c1ccccc1)c1ccc(Cl)cc1. The van der Waals surface area contributed by atoms with Crippen LogP contribution in [0.2, 0.25) is 5.02 Å². The minimum Gasteiger partial charge on any atom is -0.341 e. The van der Waals surface area contributed by atoms with E-state index in [2.05, 4.69) is 11.4 Å². The predicted octanol–water partition coefficient (Wildman–Crippen LogP) is 5.48. The molecular weight excluding hydrogens is 376 g/mol. The third-order valence-corrected chi connectivity index (χ3v) is 5.23. The maximum absolute atomic E-state index is 13.0. The fraction of sp³-hybridized carbons (Fsp3) is 0.0909. The molecule has 1 amide bonds. The van der Waals surface area contributed by atoms with Gasteiger partial charge in [-0.3, -0.25) is 4.79 Å². The van der Waals surface area contributed by atoms with Gasteiger partial charge in [-0.1, -0.05) is 66.2 Å². The number of hydrogen-bond acceptors (Lipinski definition) is 3. The topological polar surface area (TPSA) is 52.9 Å². The van der Waals surface area contributed by atoms with Crippen molar-refractivity contribution in [3.05, 3.63) is 101 Å². The lowest BCUT2D eigenvalue weighted by Crippen LogP contribution is -2.29. The quantitative estimate of drug-likeness (QED) is 0.565. The number of nitrogens with zero attached hydrogens (tertiary/aromatic N) is 1. The fourth-order valence-electron chi connectivity index (χ4n) is 2.76. The molecule has 0 fully saturated rings. The van der Waals surface area contributed by atoms with Crippen molar-refractivity contribution in [1.82, 2.24) is 5.32 Å². The zero-order valence-corrected chi connectivity index (χ0v) is 16.0. The number of benzene rings is 3. The number of nitrogens with one attached hydrogen (secondary N) is 1. The molecule has 3 nitrogen and oxygen atoms in total. The predicted molar refractivity (Wildman–Crippen MR) is 110 cm³/mol. The van der Waals surface area contributed by atoms with E-state index in [1.165, 1.54) is 11.8 Å². The van der Waals surface area contributed by atoms with Crippen molar-refractivity contribution >= 4 is 29.3 Å². The smallest absolute Gasteiger partial charge is 0.253 e. The Morgan fingerprint density at radius 3 is 2.30 bits per heavy atom. The first-order chi connectivity index (χ1) is 13.2. The highest BCUT2D eigenvalue weighted by atomic mass is 35.5. The molecule has 0 radical (unpaired) electrons. The summed E-state index contributed by atoms with van der Waals surface area (Å²) >= 11 is 7.37. The summed E-state index contributed by atoms with van der Waals surface area (Å²) in [7, 11) is 0. The normalized spacial score (nSPS) is 11.4. The molecule has 0 spiro atoms. The number of halogens is 1. The van der Waals surface area contributed by atoms with Gasteiger partial charge in [0, 0.05) is 9.92 Å². The molecule has 1 N–H and O–H groups in total. The van der Waals surface area contributed by atoms with Crippen LogP contribution in [0.4, 0.5) is 0 Å². The van der Waals surface area contributed by atoms with Crippen LogP contribution in [0.3, 0.4) is 0 Å². The van der Waals surface area contributed by atoms with E-state index in [1.807, 2.05) is 72.8 Å². The molecule has 0 aromatic heterocycles. The van der Waals surface area contributed by atoms with Gasteiger partial charge in [-0.2, -0.15) is 5.26 Å². The first kappa shape index (κ1) is 19.0. The minimum atomic E-state index is -0.301. The number of thioether (sulfide) groups is 1. The van der Waals surface area contributed by atoms with Crippen LogP contribution < -0.4 is 5.32 Å². The summed E-state index contributed by atoms with van der Waals surface area (Å²) in [5.74, 6) is 0.115. The molecule has 0 aliphatic heterocycles. The monoisotopic (exact) mass is 392 g/mol. The van der Waals surface area contributed by atoms with Crippen molar-refractivity contribution in [2.75, 3.05) is 5.75 Å². The number of hydrogen-bond donors (Lipinski definition) is 1. The van der Waals surface area contributed by atoms with E-state index in [1.54, 1.807) is 6.07 Å². The molecule has 134 valence electrons. The zero-order chi connectivity index (χ0) is 19.1. The number of amides is 1. The molecule has 5 heteroatoms. The molecule has 27 heavy (non-hydrogen) atoms. The lowest BCUT2D eigenvalue weighted by Gasteiger charge is -2.21. The van der Waals surface area contributed by atoms with E-state index in [0.29, 0.717) is 16.3 Å². The van der Waals surface area contributed by atoms with Gasteiger partial charge in [0.2, 0.25) is 0 Å². The Labute approximate surface area is 168 Å². The second-order valence-electron chi connectivity index (χ2n) is 5.81. The van der Waals surface area contributed by atoms with Crippen molar-refractivity contribution < 1.29 is 4.79 Å². The Morgan fingerprint density at radius 1 is 0.963 bits per heavy atom. The second-order valence-corrected chi connectivity index (χ2v) is 7.27. The van der Waals surface area contributed by atoms with Gasteiger partial charge in [-0.15, -0.1) is 11.8 Å². The number of carbonyl (C=O) groups is 1. The molecule has 3 aromatic carbocycles. The molecule has 1 atom stereocenters. The van der Waals surface area contributed by atoms with Gasteiger partial charge < -0.3 is 5.32 Å². The Bertz CT molecular complexity index is 952. The molecule has 0 unspecified atom stereocenters. The number of nitriles is 1.